The fourth-order valence-corrected chi connectivity index (χ4v) is 3.89. The number of hydrogen-bond acceptors (Lipinski definition) is 3. The van der Waals surface area contributed by atoms with Crippen LogP contribution in [0.3, 0.4) is 0 Å². The fourth-order valence-electron chi connectivity index (χ4n) is 2.82. The Labute approximate surface area is 154 Å². The van der Waals surface area contributed by atoms with Crippen molar-refractivity contribution in [3.05, 3.63) is 50.8 Å². The summed E-state index contributed by atoms with van der Waals surface area (Å²) >= 11 is 2.21. The second kappa shape index (κ2) is 7.09. The van der Waals surface area contributed by atoms with Gasteiger partial charge in [-0.05, 0) is 77.6 Å². The average molecular weight is 440 g/mol. The maximum absolute atomic E-state index is 13.3. The van der Waals surface area contributed by atoms with Crippen molar-refractivity contribution in [3.63, 3.8) is 0 Å². The van der Waals surface area contributed by atoms with Gasteiger partial charge in [0.05, 0.1) is 17.3 Å². The van der Waals surface area contributed by atoms with Crippen molar-refractivity contribution in [1.82, 2.24) is 0 Å². The van der Waals surface area contributed by atoms with Crippen LogP contribution in [0.15, 0.2) is 30.3 Å². The molecule has 0 radical (unpaired) electrons. The number of carbonyl (C=O) groups excluding carboxylic acids is 1. The number of hydrogen-bond donors (Lipinski definition) is 0. The molecule has 2 aromatic rings. The van der Waals surface area contributed by atoms with Crippen LogP contribution in [0.25, 0.3) is 11.1 Å². The minimum atomic E-state index is -0.399. The van der Waals surface area contributed by atoms with Gasteiger partial charge in [0.25, 0.3) is 0 Å². The summed E-state index contributed by atoms with van der Waals surface area (Å²) in [4.78, 5) is 12.2. The van der Waals surface area contributed by atoms with Gasteiger partial charge in [0.15, 0.2) is 0 Å². The second-order valence-electron chi connectivity index (χ2n) is 5.74. The highest BCUT2D eigenvalue weighted by molar-refractivity contribution is 14.1. The highest BCUT2D eigenvalue weighted by Crippen LogP contribution is 2.49. The number of ether oxygens (including phenoxy) is 2. The van der Waals surface area contributed by atoms with E-state index in [2.05, 4.69) is 22.6 Å². The molecular formula is C19H18FIO3. The number of methoxy groups -OCH3 is 1. The molecule has 1 aliphatic rings. The van der Waals surface area contributed by atoms with Gasteiger partial charge in [0.1, 0.15) is 17.1 Å². The van der Waals surface area contributed by atoms with Crippen LogP contribution in [0.5, 0.6) is 5.75 Å². The number of rotatable bonds is 5. The molecule has 0 N–H and O–H groups in total. The normalized spacial score (nSPS) is 13.7. The van der Waals surface area contributed by atoms with Gasteiger partial charge in [-0.3, -0.25) is 0 Å². The van der Waals surface area contributed by atoms with Gasteiger partial charge in [-0.15, -0.1) is 0 Å². The fraction of sp³-hybridized carbons (Fsp3) is 0.316. The molecule has 3 rings (SSSR count). The quantitative estimate of drug-likeness (QED) is 0.476. The third-order valence-electron chi connectivity index (χ3n) is 4.10. The Morgan fingerprint density at radius 2 is 1.96 bits per heavy atom. The Bertz CT molecular complexity index is 767. The summed E-state index contributed by atoms with van der Waals surface area (Å²) in [5.41, 5.74) is 3.51. The van der Waals surface area contributed by atoms with Gasteiger partial charge in [-0.25, -0.2) is 9.18 Å². The van der Waals surface area contributed by atoms with Gasteiger partial charge in [-0.2, -0.15) is 0 Å². The van der Waals surface area contributed by atoms with Crippen molar-refractivity contribution < 1.29 is 18.7 Å². The van der Waals surface area contributed by atoms with E-state index in [1.807, 2.05) is 13.0 Å². The average Bonchev–Trinajstić information content (AvgIpc) is 3.42. The molecule has 0 amide bonds. The third kappa shape index (κ3) is 3.27. The summed E-state index contributed by atoms with van der Waals surface area (Å²) in [7, 11) is 1.37. The van der Waals surface area contributed by atoms with Crippen molar-refractivity contribution in [2.45, 2.75) is 25.7 Å². The predicted molar refractivity (Wildman–Crippen MR) is 99.0 cm³/mol. The third-order valence-corrected chi connectivity index (χ3v) is 5.13. The summed E-state index contributed by atoms with van der Waals surface area (Å²) in [5, 5.41) is 0. The number of esters is 1. The van der Waals surface area contributed by atoms with Crippen LogP contribution >= 0.6 is 22.6 Å². The number of halogens is 2. The topological polar surface area (TPSA) is 35.5 Å². The van der Waals surface area contributed by atoms with E-state index in [1.54, 1.807) is 12.1 Å². The molecule has 5 heteroatoms. The van der Waals surface area contributed by atoms with Crippen molar-refractivity contribution in [2.24, 2.45) is 0 Å². The van der Waals surface area contributed by atoms with Gasteiger partial charge >= 0.3 is 5.97 Å². The number of benzene rings is 2. The first-order chi connectivity index (χ1) is 11.6. The first kappa shape index (κ1) is 17.2. The molecule has 3 nitrogen and oxygen atoms in total. The predicted octanol–water partition coefficient (Wildman–Crippen LogP) is 5.16. The zero-order chi connectivity index (χ0) is 17.3. The van der Waals surface area contributed by atoms with Crippen LogP contribution in [-0.2, 0) is 4.74 Å². The second-order valence-corrected chi connectivity index (χ2v) is 6.82. The molecule has 0 bridgehead atoms. The molecule has 0 unspecified atom stereocenters. The zero-order valence-electron chi connectivity index (χ0n) is 13.6. The summed E-state index contributed by atoms with van der Waals surface area (Å²) in [5.74, 6) is 0.299. The van der Waals surface area contributed by atoms with Gasteiger partial charge < -0.3 is 9.47 Å². The van der Waals surface area contributed by atoms with Crippen LogP contribution in [-0.4, -0.2) is 19.7 Å². The summed E-state index contributed by atoms with van der Waals surface area (Å²) in [6, 6.07) is 8.33. The maximum Gasteiger partial charge on any atom is 0.341 e. The van der Waals surface area contributed by atoms with Gasteiger partial charge in [0, 0.05) is 5.56 Å². The van der Waals surface area contributed by atoms with Crippen LogP contribution in [0.1, 0.15) is 41.6 Å². The van der Waals surface area contributed by atoms with E-state index in [-0.39, 0.29) is 5.82 Å². The van der Waals surface area contributed by atoms with E-state index in [9.17, 15) is 9.18 Å². The molecule has 2 aromatic carbocycles. The Kier molecular flexibility index (Phi) is 5.08. The van der Waals surface area contributed by atoms with Gasteiger partial charge in [-0.1, -0.05) is 12.1 Å². The van der Waals surface area contributed by atoms with Crippen molar-refractivity contribution in [2.75, 3.05) is 13.7 Å². The molecule has 0 heterocycles. The molecule has 0 spiro atoms. The van der Waals surface area contributed by atoms with Gasteiger partial charge in [0.2, 0.25) is 0 Å². The molecule has 126 valence electrons. The highest BCUT2D eigenvalue weighted by atomic mass is 127. The van der Waals surface area contributed by atoms with Crippen molar-refractivity contribution in [1.29, 1.82) is 0 Å². The van der Waals surface area contributed by atoms with E-state index in [1.165, 1.54) is 19.2 Å². The minimum Gasteiger partial charge on any atom is -0.492 e. The molecule has 0 aliphatic heterocycles. The van der Waals surface area contributed by atoms with Crippen LogP contribution in [0, 0.1) is 9.39 Å². The molecule has 1 fully saturated rings. The first-order valence-electron chi connectivity index (χ1n) is 7.90. The smallest absolute Gasteiger partial charge is 0.341 e. The summed E-state index contributed by atoms with van der Waals surface area (Å²) < 4.78 is 24.8. The lowest BCUT2D eigenvalue weighted by Crippen LogP contribution is -2.09. The molecular weight excluding hydrogens is 422 g/mol. The van der Waals surface area contributed by atoms with E-state index < -0.39 is 5.97 Å². The molecule has 0 aromatic heterocycles. The first-order valence-corrected chi connectivity index (χ1v) is 8.98. The highest BCUT2D eigenvalue weighted by Gasteiger charge is 2.31. The Morgan fingerprint density at radius 3 is 2.50 bits per heavy atom. The minimum absolute atomic E-state index is 0.266. The molecule has 1 saturated carbocycles. The van der Waals surface area contributed by atoms with Crippen molar-refractivity contribution >= 4 is 28.6 Å². The Hall–Kier alpha value is -1.63. The Balaban J connectivity index is 2.24. The van der Waals surface area contributed by atoms with Crippen molar-refractivity contribution in [3.8, 4) is 16.9 Å². The molecule has 0 atom stereocenters. The summed E-state index contributed by atoms with van der Waals surface area (Å²) in [6.45, 7) is 2.33. The molecule has 0 saturated heterocycles. The van der Waals surface area contributed by atoms with Crippen LogP contribution in [0.4, 0.5) is 4.39 Å². The lowest BCUT2D eigenvalue weighted by atomic mass is 9.94. The van der Waals surface area contributed by atoms with E-state index in [4.69, 9.17) is 9.47 Å². The largest absolute Gasteiger partial charge is 0.492 e. The van der Waals surface area contributed by atoms with E-state index >= 15 is 0 Å². The summed E-state index contributed by atoms with van der Waals surface area (Å²) in [6.07, 6.45) is 2.19. The van der Waals surface area contributed by atoms with Crippen LogP contribution < -0.4 is 4.74 Å². The molecule has 1 aliphatic carbocycles. The lowest BCUT2D eigenvalue weighted by molar-refractivity contribution is 0.0596. The lowest BCUT2D eigenvalue weighted by Gasteiger charge is -2.19. The van der Waals surface area contributed by atoms with E-state index in [0.717, 1.165) is 33.1 Å². The SMILES string of the molecule is CCOc1c(C(=O)OC)cc(C2CC2)c(-c2ccc(F)cc2)c1I. The van der Waals surface area contributed by atoms with Crippen LogP contribution in [0.2, 0.25) is 0 Å². The Morgan fingerprint density at radius 1 is 1.29 bits per heavy atom. The molecule has 24 heavy (non-hydrogen) atoms. The standard InChI is InChI=1S/C19H18FIO3/c1-3-24-18-15(19(22)23-2)10-14(11-4-5-11)16(17(18)21)12-6-8-13(20)9-7-12/h6-11H,3-5H2,1-2H3. The van der Waals surface area contributed by atoms with E-state index in [0.29, 0.717) is 23.8 Å². The number of carbonyl (C=O) groups is 1. The maximum atomic E-state index is 13.3. The zero-order valence-corrected chi connectivity index (χ0v) is 15.7. The monoisotopic (exact) mass is 440 g/mol.